The zero-order valence-electron chi connectivity index (χ0n) is 17.4. The van der Waals surface area contributed by atoms with E-state index in [1.165, 1.54) is 0 Å². The van der Waals surface area contributed by atoms with Gasteiger partial charge in [0, 0.05) is 23.6 Å². The van der Waals surface area contributed by atoms with Crippen molar-refractivity contribution < 1.29 is 14.3 Å². The molecule has 3 aromatic rings. The Kier molecular flexibility index (Phi) is 7.45. The van der Waals surface area contributed by atoms with Crippen LogP contribution >= 0.6 is 12.2 Å². The van der Waals surface area contributed by atoms with Crippen molar-refractivity contribution in [2.75, 3.05) is 11.5 Å². The van der Waals surface area contributed by atoms with Crippen molar-refractivity contribution in [2.24, 2.45) is 0 Å². The second kappa shape index (κ2) is 10.4. The van der Waals surface area contributed by atoms with Gasteiger partial charge in [0.15, 0.2) is 5.11 Å². The molecular formula is C24H23N3O3S. The molecule has 0 radical (unpaired) electrons. The molecule has 0 atom stereocenters. The summed E-state index contributed by atoms with van der Waals surface area (Å²) in [5.74, 6) is -0.665. The number of nitrogens with zero attached hydrogens (tertiary/aromatic N) is 2. The summed E-state index contributed by atoms with van der Waals surface area (Å²) in [6, 6.07) is 18.0. The van der Waals surface area contributed by atoms with E-state index in [0.29, 0.717) is 24.3 Å². The third-order valence-corrected chi connectivity index (χ3v) is 4.85. The summed E-state index contributed by atoms with van der Waals surface area (Å²) < 4.78 is 5.04. The number of carbonyl (C=O) groups excluding carboxylic acids is 2. The van der Waals surface area contributed by atoms with Crippen LogP contribution in [-0.2, 0) is 11.3 Å². The summed E-state index contributed by atoms with van der Waals surface area (Å²) in [5.41, 5.74) is 3.67. The molecule has 0 bridgehead atoms. The summed E-state index contributed by atoms with van der Waals surface area (Å²) in [7, 11) is 0. The zero-order chi connectivity index (χ0) is 22.2. The summed E-state index contributed by atoms with van der Waals surface area (Å²) in [5, 5.41) is 3.07. The molecule has 1 aromatic heterocycles. The lowest BCUT2D eigenvalue weighted by molar-refractivity contribution is 0.0526. The molecule has 0 saturated heterocycles. The number of ether oxygens (including phenoxy) is 1. The van der Waals surface area contributed by atoms with Gasteiger partial charge in [0.2, 0.25) is 0 Å². The van der Waals surface area contributed by atoms with Crippen LogP contribution in [0.1, 0.15) is 38.8 Å². The molecule has 0 aliphatic rings. The van der Waals surface area contributed by atoms with Crippen LogP contribution < -0.4 is 10.2 Å². The van der Waals surface area contributed by atoms with Gasteiger partial charge in [-0.05, 0) is 80.2 Å². The second-order valence-corrected chi connectivity index (χ2v) is 7.22. The number of hydrogen-bond donors (Lipinski definition) is 1. The minimum Gasteiger partial charge on any atom is -0.462 e. The van der Waals surface area contributed by atoms with Crippen LogP contribution in [0.2, 0.25) is 0 Å². The van der Waals surface area contributed by atoms with Gasteiger partial charge in [-0.3, -0.25) is 15.1 Å². The first kappa shape index (κ1) is 22.1. The maximum Gasteiger partial charge on any atom is 0.338 e. The summed E-state index contributed by atoms with van der Waals surface area (Å²) in [4.78, 5) is 30.5. The van der Waals surface area contributed by atoms with Crippen LogP contribution in [0.15, 0.2) is 73.1 Å². The fourth-order valence-electron chi connectivity index (χ4n) is 2.97. The number of esters is 1. The van der Waals surface area contributed by atoms with Crippen molar-refractivity contribution in [3.8, 4) is 0 Å². The molecule has 7 heteroatoms. The van der Waals surface area contributed by atoms with Crippen molar-refractivity contribution >= 4 is 34.9 Å². The summed E-state index contributed by atoms with van der Waals surface area (Å²) >= 11 is 5.58. The van der Waals surface area contributed by atoms with E-state index in [2.05, 4.69) is 10.3 Å². The van der Waals surface area contributed by atoms with Crippen LogP contribution in [0.4, 0.5) is 5.69 Å². The lowest BCUT2D eigenvalue weighted by Gasteiger charge is -2.26. The van der Waals surface area contributed by atoms with Gasteiger partial charge in [-0.25, -0.2) is 4.79 Å². The van der Waals surface area contributed by atoms with E-state index in [4.69, 9.17) is 17.0 Å². The summed E-state index contributed by atoms with van der Waals surface area (Å²) in [6.45, 7) is 4.42. The van der Waals surface area contributed by atoms with E-state index in [9.17, 15) is 9.59 Å². The Morgan fingerprint density at radius 2 is 1.74 bits per heavy atom. The van der Waals surface area contributed by atoms with E-state index >= 15 is 0 Å². The van der Waals surface area contributed by atoms with E-state index in [-0.39, 0.29) is 17.0 Å². The first-order chi connectivity index (χ1) is 15.0. The number of benzene rings is 2. The number of anilines is 1. The number of aromatic nitrogens is 1. The average Bonchev–Trinajstić information content (AvgIpc) is 2.78. The van der Waals surface area contributed by atoms with Crippen LogP contribution in [0.3, 0.4) is 0 Å². The molecule has 0 saturated carbocycles. The molecule has 0 fully saturated rings. The minimum absolute atomic E-state index is 0.257. The number of amides is 1. The molecular weight excluding hydrogens is 410 g/mol. The Labute approximate surface area is 186 Å². The largest absolute Gasteiger partial charge is 0.462 e. The highest BCUT2D eigenvalue weighted by atomic mass is 32.1. The fourth-order valence-corrected chi connectivity index (χ4v) is 3.23. The third-order valence-electron chi connectivity index (χ3n) is 4.53. The first-order valence-corrected chi connectivity index (χ1v) is 10.2. The first-order valence-electron chi connectivity index (χ1n) is 9.83. The molecule has 3 rings (SSSR count). The molecule has 0 unspecified atom stereocenters. The molecule has 2 aromatic carbocycles. The van der Waals surface area contributed by atoms with Gasteiger partial charge in [0.1, 0.15) is 0 Å². The Hall–Kier alpha value is -3.58. The molecule has 0 aliphatic carbocycles. The number of aryl methyl sites for hydroxylation is 1. The highest BCUT2D eigenvalue weighted by Gasteiger charge is 2.17. The van der Waals surface area contributed by atoms with Crippen molar-refractivity contribution in [1.29, 1.82) is 0 Å². The topological polar surface area (TPSA) is 71.5 Å². The lowest BCUT2D eigenvalue weighted by atomic mass is 10.1. The van der Waals surface area contributed by atoms with Gasteiger partial charge in [-0.1, -0.05) is 17.7 Å². The van der Waals surface area contributed by atoms with Crippen LogP contribution in [0.25, 0.3) is 0 Å². The van der Waals surface area contributed by atoms with Gasteiger partial charge < -0.3 is 9.64 Å². The number of rotatable bonds is 6. The van der Waals surface area contributed by atoms with E-state index < -0.39 is 0 Å². The van der Waals surface area contributed by atoms with Gasteiger partial charge in [0.05, 0.1) is 18.7 Å². The minimum atomic E-state index is -0.384. The lowest BCUT2D eigenvalue weighted by Crippen LogP contribution is -2.42. The standard InChI is InChI=1S/C24H23N3O3S/c1-3-30-23(29)19-7-9-21(10-8-19)27(16-18-11-13-25-14-12-18)24(31)26-22(28)20-6-4-5-17(2)15-20/h4-15H,3,16H2,1-2H3,(H,26,28,31). The van der Waals surface area contributed by atoms with Gasteiger partial charge >= 0.3 is 5.97 Å². The molecule has 31 heavy (non-hydrogen) atoms. The number of thiocarbonyl (C=S) groups is 1. The van der Waals surface area contributed by atoms with E-state index in [1.54, 1.807) is 60.6 Å². The van der Waals surface area contributed by atoms with E-state index in [0.717, 1.165) is 16.8 Å². The Morgan fingerprint density at radius 3 is 2.39 bits per heavy atom. The number of carbonyl (C=O) groups is 2. The average molecular weight is 434 g/mol. The number of hydrogen-bond acceptors (Lipinski definition) is 5. The highest BCUT2D eigenvalue weighted by Crippen LogP contribution is 2.19. The molecule has 6 nitrogen and oxygen atoms in total. The predicted octanol–water partition coefficient (Wildman–Crippen LogP) is 4.29. The van der Waals surface area contributed by atoms with Crippen molar-refractivity contribution in [2.45, 2.75) is 20.4 Å². The van der Waals surface area contributed by atoms with Gasteiger partial charge in [0.25, 0.3) is 5.91 Å². The summed E-state index contributed by atoms with van der Waals surface area (Å²) in [6.07, 6.45) is 3.40. The van der Waals surface area contributed by atoms with E-state index in [1.807, 2.05) is 31.2 Å². The van der Waals surface area contributed by atoms with Gasteiger partial charge in [-0.15, -0.1) is 0 Å². The highest BCUT2D eigenvalue weighted by molar-refractivity contribution is 7.80. The quantitative estimate of drug-likeness (QED) is 0.462. The zero-order valence-corrected chi connectivity index (χ0v) is 18.2. The molecule has 0 spiro atoms. The molecule has 1 heterocycles. The van der Waals surface area contributed by atoms with Crippen LogP contribution in [0.5, 0.6) is 0 Å². The van der Waals surface area contributed by atoms with Crippen molar-refractivity contribution in [3.05, 3.63) is 95.3 Å². The normalized spacial score (nSPS) is 10.3. The number of pyridine rings is 1. The Morgan fingerprint density at radius 1 is 1.03 bits per heavy atom. The molecule has 158 valence electrons. The second-order valence-electron chi connectivity index (χ2n) is 6.84. The maximum absolute atomic E-state index is 12.7. The smallest absolute Gasteiger partial charge is 0.338 e. The molecule has 1 amide bonds. The molecule has 0 aliphatic heterocycles. The Balaban J connectivity index is 1.84. The van der Waals surface area contributed by atoms with Crippen LogP contribution in [-0.4, -0.2) is 28.6 Å². The fraction of sp³-hybridized carbons (Fsp3) is 0.167. The SMILES string of the molecule is CCOC(=O)c1ccc(N(Cc2ccncc2)C(=S)NC(=O)c2cccc(C)c2)cc1. The molecule has 1 N–H and O–H groups in total. The predicted molar refractivity (Wildman–Crippen MR) is 124 cm³/mol. The van der Waals surface area contributed by atoms with Crippen molar-refractivity contribution in [3.63, 3.8) is 0 Å². The monoisotopic (exact) mass is 433 g/mol. The third kappa shape index (κ3) is 5.96. The van der Waals surface area contributed by atoms with Crippen molar-refractivity contribution in [1.82, 2.24) is 10.3 Å². The number of nitrogens with one attached hydrogen (secondary N) is 1. The Bertz CT molecular complexity index is 1070. The van der Waals surface area contributed by atoms with Gasteiger partial charge in [-0.2, -0.15) is 0 Å². The maximum atomic E-state index is 12.7. The van der Waals surface area contributed by atoms with Crippen LogP contribution in [0, 0.1) is 6.92 Å².